The van der Waals surface area contributed by atoms with E-state index >= 15 is 0 Å². The van der Waals surface area contributed by atoms with Gasteiger partial charge < -0.3 is 10.2 Å². The van der Waals surface area contributed by atoms with Crippen molar-refractivity contribution in [1.29, 1.82) is 0 Å². The third-order valence-electron chi connectivity index (χ3n) is 3.32. The Labute approximate surface area is 97.9 Å². The Morgan fingerprint density at radius 2 is 2.44 bits per heavy atom. The molecule has 0 aliphatic carbocycles. The van der Waals surface area contributed by atoms with Crippen LogP contribution in [-0.2, 0) is 6.42 Å². The first kappa shape index (κ1) is 11.6. The van der Waals surface area contributed by atoms with E-state index in [0.29, 0.717) is 6.04 Å². The fraction of sp³-hybridized carbons (Fsp3) is 0.615. The summed E-state index contributed by atoms with van der Waals surface area (Å²) in [5.74, 6) is 0. The fourth-order valence-electron chi connectivity index (χ4n) is 2.31. The molecule has 16 heavy (non-hydrogen) atoms. The first-order chi connectivity index (χ1) is 7.88. The number of hydrogen-bond acceptors (Lipinski definition) is 3. The molecule has 0 saturated carbocycles. The van der Waals surface area contributed by atoms with Crippen LogP contribution in [0.15, 0.2) is 24.4 Å². The van der Waals surface area contributed by atoms with Crippen molar-refractivity contribution >= 4 is 0 Å². The van der Waals surface area contributed by atoms with Gasteiger partial charge in [-0.05, 0) is 38.6 Å². The zero-order chi connectivity index (χ0) is 11.2. The van der Waals surface area contributed by atoms with E-state index in [1.54, 1.807) is 0 Å². The molecule has 1 unspecified atom stereocenters. The molecule has 1 N–H and O–H groups in total. The molecule has 0 spiro atoms. The van der Waals surface area contributed by atoms with Gasteiger partial charge in [-0.3, -0.25) is 4.98 Å². The number of nitrogens with one attached hydrogen (secondary N) is 1. The number of rotatable bonds is 4. The van der Waals surface area contributed by atoms with Crippen LogP contribution in [0.4, 0.5) is 0 Å². The zero-order valence-corrected chi connectivity index (χ0v) is 10.0. The number of likely N-dealkylation sites (tertiary alicyclic amines) is 1. The molecule has 88 valence electrons. The van der Waals surface area contributed by atoms with Crippen molar-refractivity contribution in [2.75, 3.05) is 26.7 Å². The van der Waals surface area contributed by atoms with Gasteiger partial charge in [0, 0.05) is 37.4 Å². The van der Waals surface area contributed by atoms with Crippen LogP contribution in [0, 0.1) is 0 Å². The standard InChI is InChI=1S/C13H21N3/c1-14-13-6-4-9-16(11-13)10-7-12-5-2-3-8-15-12/h2-3,5,8,13-14H,4,6-7,9-11H2,1H3. The highest BCUT2D eigenvalue weighted by Crippen LogP contribution is 2.10. The van der Waals surface area contributed by atoms with E-state index in [9.17, 15) is 0 Å². The van der Waals surface area contributed by atoms with Crippen LogP contribution in [0.1, 0.15) is 18.5 Å². The molecule has 1 saturated heterocycles. The highest BCUT2D eigenvalue weighted by molar-refractivity contribution is 5.03. The predicted molar refractivity (Wildman–Crippen MR) is 66.5 cm³/mol. The Morgan fingerprint density at radius 1 is 1.50 bits per heavy atom. The Morgan fingerprint density at radius 3 is 3.19 bits per heavy atom. The summed E-state index contributed by atoms with van der Waals surface area (Å²) in [6.07, 6.45) is 5.57. The fourth-order valence-corrected chi connectivity index (χ4v) is 2.31. The third kappa shape index (κ3) is 3.29. The molecule has 1 atom stereocenters. The predicted octanol–water partition coefficient (Wildman–Crippen LogP) is 1.31. The molecule has 2 rings (SSSR count). The maximum atomic E-state index is 4.36. The Hall–Kier alpha value is -0.930. The quantitative estimate of drug-likeness (QED) is 0.827. The Bertz CT molecular complexity index is 299. The lowest BCUT2D eigenvalue weighted by molar-refractivity contribution is 0.197. The van der Waals surface area contributed by atoms with Gasteiger partial charge in [0.25, 0.3) is 0 Å². The summed E-state index contributed by atoms with van der Waals surface area (Å²) in [6, 6.07) is 6.83. The first-order valence-electron chi connectivity index (χ1n) is 6.18. The van der Waals surface area contributed by atoms with E-state index in [1.807, 2.05) is 12.3 Å². The number of hydrogen-bond donors (Lipinski definition) is 1. The maximum Gasteiger partial charge on any atom is 0.0416 e. The average molecular weight is 219 g/mol. The van der Waals surface area contributed by atoms with E-state index in [4.69, 9.17) is 0 Å². The molecule has 1 aromatic rings. The van der Waals surface area contributed by atoms with Crippen molar-refractivity contribution in [3.8, 4) is 0 Å². The minimum Gasteiger partial charge on any atom is -0.316 e. The van der Waals surface area contributed by atoms with E-state index in [1.165, 1.54) is 31.6 Å². The third-order valence-corrected chi connectivity index (χ3v) is 3.32. The second-order valence-corrected chi connectivity index (χ2v) is 4.50. The van der Waals surface area contributed by atoms with Gasteiger partial charge in [0.1, 0.15) is 0 Å². The molecule has 1 fully saturated rings. The van der Waals surface area contributed by atoms with Gasteiger partial charge in [-0.25, -0.2) is 0 Å². The molecule has 3 nitrogen and oxygen atoms in total. The van der Waals surface area contributed by atoms with Crippen molar-refractivity contribution in [1.82, 2.24) is 15.2 Å². The monoisotopic (exact) mass is 219 g/mol. The lowest BCUT2D eigenvalue weighted by Crippen LogP contribution is -2.45. The van der Waals surface area contributed by atoms with Crippen LogP contribution in [0.2, 0.25) is 0 Å². The van der Waals surface area contributed by atoms with Gasteiger partial charge in [-0.2, -0.15) is 0 Å². The van der Waals surface area contributed by atoms with Crippen LogP contribution in [0.3, 0.4) is 0 Å². The maximum absolute atomic E-state index is 4.36. The van der Waals surface area contributed by atoms with Crippen LogP contribution in [-0.4, -0.2) is 42.6 Å². The van der Waals surface area contributed by atoms with Gasteiger partial charge in [0.15, 0.2) is 0 Å². The molecule has 3 heteroatoms. The molecule has 1 aliphatic rings. The minimum atomic E-state index is 0.678. The van der Waals surface area contributed by atoms with Crippen LogP contribution >= 0.6 is 0 Å². The normalized spacial score (nSPS) is 22.2. The second-order valence-electron chi connectivity index (χ2n) is 4.50. The first-order valence-corrected chi connectivity index (χ1v) is 6.18. The molecule has 1 aliphatic heterocycles. The number of piperidine rings is 1. The number of nitrogens with zero attached hydrogens (tertiary/aromatic N) is 2. The van der Waals surface area contributed by atoms with Crippen molar-refractivity contribution in [2.45, 2.75) is 25.3 Å². The molecule has 2 heterocycles. The summed E-state index contributed by atoms with van der Waals surface area (Å²) in [4.78, 5) is 6.90. The minimum absolute atomic E-state index is 0.678. The van der Waals surface area contributed by atoms with Crippen LogP contribution < -0.4 is 5.32 Å². The molecular formula is C13H21N3. The SMILES string of the molecule is CNC1CCCN(CCc2ccccn2)C1. The van der Waals surface area contributed by atoms with Crippen molar-refractivity contribution in [2.24, 2.45) is 0 Å². The lowest BCUT2D eigenvalue weighted by atomic mass is 10.1. The van der Waals surface area contributed by atoms with Crippen molar-refractivity contribution in [3.05, 3.63) is 30.1 Å². The molecule has 1 aromatic heterocycles. The molecule has 0 radical (unpaired) electrons. The smallest absolute Gasteiger partial charge is 0.0416 e. The summed E-state index contributed by atoms with van der Waals surface area (Å²) >= 11 is 0. The van der Waals surface area contributed by atoms with E-state index in [0.717, 1.165) is 13.0 Å². The highest BCUT2D eigenvalue weighted by atomic mass is 15.2. The van der Waals surface area contributed by atoms with E-state index in [2.05, 4.69) is 34.4 Å². The van der Waals surface area contributed by atoms with Crippen LogP contribution in [0.25, 0.3) is 0 Å². The molecule has 0 bridgehead atoms. The lowest BCUT2D eigenvalue weighted by Gasteiger charge is -2.32. The van der Waals surface area contributed by atoms with Gasteiger partial charge in [0.05, 0.1) is 0 Å². The highest BCUT2D eigenvalue weighted by Gasteiger charge is 2.17. The van der Waals surface area contributed by atoms with Gasteiger partial charge in [-0.15, -0.1) is 0 Å². The van der Waals surface area contributed by atoms with Crippen molar-refractivity contribution < 1.29 is 0 Å². The van der Waals surface area contributed by atoms with E-state index < -0.39 is 0 Å². The van der Waals surface area contributed by atoms with Gasteiger partial charge in [0.2, 0.25) is 0 Å². The Kier molecular flexibility index (Phi) is 4.31. The average Bonchev–Trinajstić information content (AvgIpc) is 2.38. The summed E-state index contributed by atoms with van der Waals surface area (Å²) in [5.41, 5.74) is 1.20. The largest absolute Gasteiger partial charge is 0.316 e. The number of pyridine rings is 1. The molecular weight excluding hydrogens is 198 g/mol. The van der Waals surface area contributed by atoms with Crippen LogP contribution in [0.5, 0.6) is 0 Å². The van der Waals surface area contributed by atoms with Gasteiger partial charge in [-0.1, -0.05) is 6.07 Å². The number of likely N-dealkylation sites (N-methyl/N-ethyl adjacent to an activating group) is 1. The van der Waals surface area contributed by atoms with Crippen molar-refractivity contribution in [3.63, 3.8) is 0 Å². The van der Waals surface area contributed by atoms with Gasteiger partial charge >= 0.3 is 0 Å². The Balaban J connectivity index is 1.77. The zero-order valence-electron chi connectivity index (χ0n) is 10.0. The summed E-state index contributed by atoms with van der Waals surface area (Å²) in [5, 5.41) is 3.37. The van der Waals surface area contributed by atoms with E-state index in [-0.39, 0.29) is 0 Å². The molecule has 0 amide bonds. The summed E-state index contributed by atoms with van der Waals surface area (Å²) in [7, 11) is 2.06. The molecule has 0 aromatic carbocycles. The topological polar surface area (TPSA) is 28.2 Å². The number of aromatic nitrogens is 1. The summed E-state index contributed by atoms with van der Waals surface area (Å²) < 4.78 is 0. The summed E-state index contributed by atoms with van der Waals surface area (Å²) in [6.45, 7) is 3.56. The second kappa shape index (κ2) is 5.97.